The van der Waals surface area contributed by atoms with E-state index in [-0.39, 0.29) is 0 Å². The van der Waals surface area contributed by atoms with E-state index in [2.05, 4.69) is 0 Å². The van der Waals surface area contributed by atoms with Crippen LogP contribution in [0.25, 0.3) is 6.08 Å². The van der Waals surface area contributed by atoms with Crippen LogP contribution in [-0.2, 0) is 4.79 Å². The summed E-state index contributed by atoms with van der Waals surface area (Å²) in [6.45, 7) is -2.19. The average molecular weight is 282 g/mol. The van der Waals surface area contributed by atoms with Crippen molar-refractivity contribution in [1.82, 2.24) is 5.32 Å². The first-order valence-electron chi connectivity index (χ1n) is 4.63. The van der Waals surface area contributed by atoms with Crippen molar-refractivity contribution in [2.75, 3.05) is 13.2 Å². The molecule has 0 radical (unpaired) electrons. The molecule has 0 aromatic carbocycles. The van der Waals surface area contributed by atoms with E-state index >= 15 is 0 Å². The Morgan fingerprint density at radius 1 is 1.59 bits per heavy atom. The maximum absolute atomic E-state index is 12.6. The number of carbonyl (C=O) groups is 1. The number of halogens is 3. The van der Waals surface area contributed by atoms with Gasteiger partial charge in [0.05, 0.1) is 10.9 Å². The van der Waals surface area contributed by atoms with Gasteiger partial charge >= 0.3 is 0 Å². The van der Waals surface area contributed by atoms with Crippen LogP contribution in [-0.4, -0.2) is 30.1 Å². The van der Waals surface area contributed by atoms with Gasteiger partial charge in [-0.25, -0.2) is 8.78 Å². The molecule has 0 atom stereocenters. The van der Waals surface area contributed by atoms with E-state index in [0.717, 1.165) is 11.0 Å². The first-order chi connectivity index (χ1) is 7.93. The Labute approximate surface area is 106 Å². The molecule has 1 heterocycles. The molecule has 0 aliphatic heterocycles. The van der Waals surface area contributed by atoms with Gasteiger partial charge in [0, 0.05) is 11.0 Å². The summed E-state index contributed by atoms with van der Waals surface area (Å²) >= 11 is 6.94. The fraction of sp³-hybridized carbons (Fsp3) is 0.300. The van der Waals surface area contributed by atoms with E-state index in [1.807, 2.05) is 5.32 Å². The van der Waals surface area contributed by atoms with E-state index < -0.39 is 25.0 Å². The summed E-state index contributed by atoms with van der Waals surface area (Å²) < 4.78 is 25.7. The summed E-state index contributed by atoms with van der Waals surface area (Å²) in [5, 5.41) is 10.3. The molecule has 7 heteroatoms. The van der Waals surface area contributed by atoms with Gasteiger partial charge < -0.3 is 10.4 Å². The highest BCUT2D eigenvalue weighted by Crippen LogP contribution is 2.22. The summed E-state index contributed by atoms with van der Waals surface area (Å²) in [4.78, 5) is 11.9. The van der Waals surface area contributed by atoms with E-state index in [4.69, 9.17) is 16.7 Å². The third-order valence-electron chi connectivity index (χ3n) is 1.75. The highest BCUT2D eigenvalue weighted by molar-refractivity contribution is 7.17. The zero-order valence-electron chi connectivity index (χ0n) is 8.62. The number of thiophene rings is 1. The van der Waals surface area contributed by atoms with E-state index in [1.165, 1.54) is 17.4 Å². The number of aliphatic hydroxyl groups excluding tert-OH is 1. The fourth-order valence-electron chi connectivity index (χ4n) is 0.907. The summed E-state index contributed by atoms with van der Waals surface area (Å²) in [5.74, 6) is -3.95. The van der Waals surface area contributed by atoms with Gasteiger partial charge in [-0.2, -0.15) is 0 Å². The average Bonchev–Trinajstić information content (AvgIpc) is 2.70. The minimum absolute atomic E-state index is 0.580. The van der Waals surface area contributed by atoms with Crippen LogP contribution in [0.3, 0.4) is 0 Å². The Kier molecular flexibility index (Phi) is 5.04. The molecule has 0 spiro atoms. The predicted molar refractivity (Wildman–Crippen MR) is 63.4 cm³/mol. The zero-order chi connectivity index (χ0) is 12.9. The standard InChI is InChI=1S/C10H10ClF2NO2S/c11-8-3-1-7(17-8)2-4-9(16)14-5-10(12,13)6-15/h1-4,15H,5-6H2,(H,14,16)/b4-2+. The van der Waals surface area contributed by atoms with Gasteiger partial charge in [0.15, 0.2) is 0 Å². The molecule has 17 heavy (non-hydrogen) atoms. The Bertz CT molecular complexity index is 420. The molecule has 1 aromatic heterocycles. The van der Waals surface area contributed by atoms with Crippen molar-refractivity contribution in [2.45, 2.75) is 5.92 Å². The molecule has 0 fully saturated rings. The fourth-order valence-corrected chi connectivity index (χ4v) is 1.87. The summed E-state index contributed by atoms with van der Waals surface area (Å²) in [6.07, 6.45) is 2.61. The molecular weight excluding hydrogens is 272 g/mol. The highest BCUT2D eigenvalue weighted by atomic mass is 35.5. The van der Waals surface area contributed by atoms with Gasteiger partial charge in [-0.3, -0.25) is 4.79 Å². The second kappa shape index (κ2) is 6.09. The number of nitrogens with one attached hydrogen (secondary N) is 1. The van der Waals surface area contributed by atoms with Gasteiger partial charge in [0.25, 0.3) is 5.92 Å². The molecule has 1 amide bonds. The quantitative estimate of drug-likeness (QED) is 0.813. The van der Waals surface area contributed by atoms with E-state index in [0.29, 0.717) is 4.34 Å². The topological polar surface area (TPSA) is 49.3 Å². The van der Waals surface area contributed by atoms with Crippen molar-refractivity contribution in [3.05, 3.63) is 27.4 Å². The molecule has 1 rings (SSSR count). The summed E-state index contributed by atoms with van der Waals surface area (Å²) in [5.41, 5.74) is 0. The molecule has 0 aliphatic rings. The van der Waals surface area contributed by atoms with Crippen LogP contribution < -0.4 is 5.32 Å². The zero-order valence-corrected chi connectivity index (χ0v) is 10.2. The first kappa shape index (κ1) is 14.1. The third-order valence-corrected chi connectivity index (χ3v) is 2.94. The van der Waals surface area contributed by atoms with Gasteiger partial charge in [0.2, 0.25) is 5.91 Å². The van der Waals surface area contributed by atoms with Crippen molar-refractivity contribution in [1.29, 1.82) is 0 Å². The lowest BCUT2D eigenvalue weighted by molar-refractivity contribution is -0.119. The van der Waals surface area contributed by atoms with Crippen molar-refractivity contribution >= 4 is 34.9 Å². The van der Waals surface area contributed by atoms with E-state index in [1.54, 1.807) is 12.1 Å². The monoisotopic (exact) mass is 281 g/mol. The Balaban J connectivity index is 2.42. The molecule has 0 aliphatic carbocycles. The molecule has 2 N–H and O–H groups in total. The van der Waals surface area contributed by atoms with Crippen LogP contribution in [0.4, 0.5) is 8.78 Å². The number of alkyl halides is 2. The number of hydrogen-bond acceptors (Lipinski definition) is 3. The number of aliphatic hydroxyl groups is 1. The summed E-state index contributed by atoms with van der Waals surface area (Å²) in [7, 11) is 0. The SMILES string of the molecule is O=C(/C=C/c1ccc(Cl)s1)NCC(F)(F)CO. The summed E-state index contributed by atoms with van der Waals surface area (Å²) in [6, 6.07) is 3.38. The molecular formula is C10H10ClF2NO2S. The Hall–Kier alpha value is -0.980. The van der Waals surface area contributed by atoms with Crippen LogP contribution in [0.1, 0.15) is 4.88 Å². The Morgan fingerprint density at radius 2 is 2.29 bits per heavy atom. The highest BCUT2D eigenvalue weighted by Gasteiger charge is 2.27. The van der Waals surface area contributed by atoms with Crippen LogP contribution >= 0.6 is 22.9 Å². The number of rotatable bonds is 5. The molecule has 0 saturated carbocycles. The predicted octanol–water partition coefficient (Wildman–Crippen LogP) is 2.16. The van der Waals surface area contributed by atoms with Crippen molar-refractivity contribution in [2.24, 2.45) is 0 Å². The van der Waals surface area contributed by atoms with E-state index in [9.17, 15) is 13.6 Å². The minimum atomic E-state index is -3.30. The van der Waals surface area contributed by atoms with Gasteiger partial charge in [0.1, 0.15) is 6.61 Å². The van der Waals surface area contributed by atoms with Crippen LogP contribution in [0.2, 0.25) is 4.34 Å². The molecule has 0 unspecified atom stereocenters. The number of hydrogen-bond donors (Lipinski definition) is 2. The second-order valence-electron chi connectivity index (χ2n) is 3.21. The van der Waals surface area contributed by atoms with Crippen molar-refractivity contribution in [3.63, 3.8) is 0 Å². The molecule has 0 saturated heterocycles. The molecule has 3 nitrogen and oxygen atoms in total. The molecule has 0 bridgehead atoms. The van der Waals surface area contributed by atoms with Crippen LogP contribution in [0, 0.1) is 0 Å². The lowest BCUT2D eigenvalue weighted by Crippen LogP contribution is -2.38. The largest absolute Gasteiger partial charge is 0.390 e. The first-order valence-corrected chi connectivity index (χ1v) is 5.82. The molecule has 1 aromatic rings. The van der Waals surface area contributed by atoms with Gasteiger partial charge in [-0.15, -0.1) is 11.3 Å². The maximum Gasteiger partial charge on any atom is 0.287 e. The maximum atomic E-state index is 12.6. The lowest BCUT2D eigenvalue weighted by atomic mass is 10.3. The number of amides is 1. The van der Waals surface area contributed by atoms with Crippen molar-refractivity contribution in [3.8, 4) is 0 Å². The minimum Gasteiger partial charge on any atom is -0.390 e. The van der Waals surface area contributed by atoms with Crippen LogP contribution in [0.15, 0.2) is 18.2 Å². The third kappa shape index (κ3) is 5.25. The lowest BCUT2D eigenvalue weighted by Gasteiger charge is -2.12. The van der Waals surface area contributed by atoms with Gasteiger partial charge in [-0.1, -0.05) is 11.6 Å². The van der Waals surface area contributed by atoms with Gasteiger partial charge in [-0.05, 0) is 18.2 Å². The normalized spacial score (nSPS) is 12.0. The van der Waals surface area contributed by atoms with Crippen LogP contribution in [0.5, 0.6) is 0 Å². The van der Waals surface area contributed by atoms with Crippen molar-refractivity contribution < 1.29 is 18.7 Å². The Morgan fingerprint density at radius 3 is 2.82 bits per heavy atom. The smallest absolute Gasteiger partial charge is 0.287 e. The number of carbonyl (C=O) groups excluding carboxylic acids is 1. The second-order valence-corrected chi connectivity index (χ2v) is 4.95. The molecule has 94 valence electrons.